The van der Waals surface area contributed by atoms with Crippen molar-refractivity contribution in [2.75, 3.05) is 6.54 Å². The molecule has 0 aromatic carbocycles. The quantitative estimate of drug-likeness (QED) is 0.678. The smallest absolute Gasteiger partial charge is 0.00435 e. The summed E-state index contributed by atoms with van der Waals surface area (Å²) in [4.78, 5) is 0. The lowest BCUT2D eigenvalue weighted by molar-refractivity contribution is 0.0506. The van der Waals surface area contributed by atoms with Gasteiger partial charge in [0, 0.05) is 0 Å². The van der Waals surface area contributed by atoms with Crippen LogP contribution in [0.15, 0.2) is 0 Å². The van der Waals surface area contributed by atoms with Crippen LogP contribution in [0.5, 0.6) is 0 Å². The Morgan fingerprint density at radius 1 is 1.07 bits per heavy atom. The van der Waals surface area contributed by atoms with Crippen LogP contribution in [-0.2, 0) is 0 Å². The molecule has 0 amide bonds. The van der Waals surface area contributed by atoms with Gasteiger partial charge in [-0.3, -0.25) is 0 Å². The molecule has 0 aliphatic rings. The molecule has 0 radical (unpaired) electrons. The molecule has 0 aromatic rings. The zero-order valence-corrected chi connectivity index (χ0v) is 11.6. The van der Waals surface area contributed by atoms with E-state index in [0.717, 1.165) is 6.54 Å². The largest absolute Gasteiger partial charge is 0.330 e. The fraction of sp³-hybridized carbons (Fsp3) is 1.00. The Morgan fingerprint density at radius 2 is 1.53 bits per heavy atom. The predicted molar refractivity (Wildman–Crippen MR) is 69.9 cm³/mol. The van der Waals surface area contributed by atoms with Gasteiger partial charge in [-0.1, -0.05) is 54.4 Å². The minimum absolute atomic E-state index is 0.393. The third-order valence-corrected chi connectivity index (χ3v) is 4.56. The molecule has 92 valence electrons. The minimum atomic E-state index is 0.393. The Morgan fingerprint density at radius 3 is 1.80 bits per heavy atom. The molecular weight excluding hydrogens is 182 g/mol. The van der Waals surface area contributed by atoms with Crippen LogP contribution >= 0.6 is 0 Å². The fourth-order valence-corrected chi connectivity index (χ4v) is 2.74. The first kappa shape index (κ1) is 15.0. The molecule has 0 aromatic heterocycles. The fourth-order valence-electron chi connectivity index (χ4n) is 2.74. The first-order chi connectivity index (χ1) is 6.91. The molecule has 1 nitrogen and oxygen atoms in total. The average molecular weight is 213 g/mol. The molecule has 2 N–H and O–H groups in total. The Balaban J connectivity index is 4.70. The van der Waals surface area contributed by atoms with Gasteiger partial charge >= 0.3 is 0 Å². The highest BCUT2D eigenvalue weighted by atomic mass is 14.6. The first-order valence-electron chi connectivity index (χ1n) is 6.61. The minimum Gasteiger partial charge on any atom is -0.330 e. The topological polar surface area (TPSA) is 26.0 Å². The van der Waals surface area contributed by atoms with E-state index in [2.05, 4.69) is 41.5 Å². The molecule has 0 bridgehead atoms. The van der Waals surface area contributed by atoms with Crippen LogP contribution in [0.25, 0.3) is 0 Å². The van der Waals surface area contributed by atoms with Crippen molar-refractivity contribution in [2.24, 2.45) is 28.9 Å². The van der Waals surface area contributed by atoms with Crippen LogP contribution in [0.1, 0.15) is 60.8 Å². The van der Waals surface area contributed by atoms with Gasteiger partial charge in [0.15, 0.2) is 0 Å². The molecule has 1 unspecified atom stereocenters. The van der Waals surface area contributed by atoms with Crippen LogP contribution in [0.4, 0.5) is 0 Å². The van der Waals surface area contributed by atoms with Gasteiger partial charge in [0.25, 0.3) is 0 Å². The van der Waals surface area contributed by atoms with Crippen molar-refractivity contribution in [3.8, 4) is 0 Å². The average Bonchev–Trinajstić information content (AvgIpc) is 2.17. The van der Waals surface area contributed by atoms with E-state index >= 15 is 0 Å². The summed E-state index contributed by atoms with van der Waals surface area (Å²) in [6.45, 7) is 14.9. The van der Waals surface area contributed by atoms with Gasteiger partial charge in [0.1, 0.15) is 0 Å². The summed E-state index contributed by atoms with van der Waals surface area (Å²) < 4.78 is 0. The number of hydrogen-bond donors (Lipinski definition) is 1. The molecule has 0 rings (SSSR count). The normalized spacial score (nSPS) is 15.0. The van der Waals surface area contributed by atoms with E-state index in [1.807, 2.05) is 0 Å². The van der Waals surface area contributed by atoms with Gasteiger partial charge in [-0.05, 0) is 36.1 Å². The van der Waals surface area contributed by atoms with Crippen LogP contribution in [0.2, 0.25) is 0 Å². The molecule has 0 heterocycles. The molecule has 0 aliphatic carbocycles. The standard InChI is InChI=1S/C14H31N/c1-7-8-9-13(10-15)14(6,11(2)3)12(4)5/h11-13H,7-10,15H2,1-6H3. The van der Waals surface area contributed by atoms with Crippen LogP contribution in [0, 0.1) is 23.2 Å². The molecule has 1 atom stereocenters. The Hall–Kier alpha value is -0.0400. The van der Waals surface area contributed by atoms with Crippen molar-refractivity contribution < 1.29 is 0 Å². The zero-order chi connectivity index (χ0) is 12.1. The summed E-state index contributed by atoms with van der Waals surface area (Å²) in [5, 5.41) is 0. The summed E-state index contributed by atoms with van der Waals surface area (Å²) in [6, 6.07) is 0. The highest BCUT2D eigenvalue weighted by Gasteiger charge is 2.38. The zero-order valence-electron chi connectivity index (χ0n) is 11.6. The van der Waals surface area contributed by atoms with E-state index in [0.29, 0.717) is 23.2 Å². The third-order valence-electron chi connectivity index (χ3n) is 4.56. The van der Waals surface area contributed by atoms with E-state index in [4.69, 9.17) is 5.73 Å². The lowest BCUT2D eigenvalue weighted by atomic mass is 9.61. The van der Waals surface area contributed by atoms with E-state index in [1.165, 1.54) is 19.3 Å². The molecule has 0 spiro atoms. The van der Waals surface area contributed by atoms with Crippen LogP contribution in [-0.4, -0.2) is 6.54 Å². The van der Waals surface area contributed by atoms with Crippen molar-refractivity contribution in [1.82, 2.24) is 0 Å². The first-order valence-corrected chi connectivity index (χ1v) is 6.61. The molecule has 0 saturated heterocycles. The summed E-state index contributed by atoms with van der Waals surface area (Å²) >= 11 is 0. The van der Waals surface area contributed by atoms with Gasteiger partial charge in [0.2, 0.25) is 0 Å². The summed E-state index contributed by atoms with van der Waals surface area (Å²) in [5.74, 6) is 2.10. The molecular formula is C14H31N. The highest BCUT2D eigenvalue weighted by molar-refractivity contribution is 4.88. The number of unbranched alkanes of at least 4 members (excludes halogenated alkanes) is 1. The second-order valence-corrected chi connectivity index (χ2v) is 5.75. The van der Waals surface area contributed by atoms with Crippen molar-refractivity contribution in [2.45, 2.75) is 60.8 Å². The van der Waals surface area contributed by atoms with Crippen molar-refractivity contribution in [3.63, 3.8) is 0 Å². The van der Waals surface area contributed by atoms with Gasteiger partial charge in [-0.25, -0.2) is 0 Å². The Kier molecular flexibility index (Phi) is 6.51. The SMILES string of the molecule is CCCCC(CN)C(C)(C(C)C)C(C)C. The van der Waals surface area contributed by atoms with E-state index in [-0.39, 0.29) is 0 Å². The molecule has 1 heteroatoms. The van der Waals surface area contributed by atoms with Crippen LogP contribution in [0.3, 0.4) is 0 Å². The monoisotopic (exact) mass is 213 g/mol. The van der Waals surface area contributed by atoms with E-state index < -0.39 is 0 Å². The number of rotatable bonds is 7. The maximum atomic E-state index is 5.98. The predicted octanol–water partition coefficient (Wildman–Crippen LogP) is 4.07. The van der Waals surface area contributed by atoms with E-state index in [1.54, 1.807) is 0 Å². The van der Waals surface area contributed by atoms with Gasteiger partial charge in [-0.15, -0.1) is 0 Å². The van der Waals surface area contributed by atoms with Crippen LogP contribution < -0.4 is 5.73 Å². The van der Waals surface area contributed by atoms with Crippen molar-refractivity contribution in [1.29, 1.82) is 0 Å². The van der Waals surface area contributed by atoms with E-state index in [9.17, 15) is 0 Å². The lowest BCUT2D eigenvalue weighted by Crippen LogP contribution is -2.41. The van der Waals surface area contributed by atoms with Gasteiger partial charge in [0.05, 0.1) is 0 Å². The van der Waals surface area contributed by atoms with Gasteiger partial charge in [-0.2, -0.15) is 0 Å². The maximum Gasteiger partial charge on any atom is -0.00435 e. The second-order valence-electron chi connectivity index (χ2n) is 5.75. The lowest BCUT2D eigenvalue weighted by Gasteiger charge is -2.44. The summed E-state index contributed by atoms with van der Waals surface area (Å²) in [6.07, 6.45) is 3.89. The number of nitrogens with two attached hydrogens (primary N) is 1. The van der Waals surface area contributed by atoms with Crippen molar-refractivity contribution >= 4 is 0 Å². The Bertz CT molecular complexity index is 153. The molecule has 0 saturated carbocycles. The number of hydrogen-bond acceptors (Lipinski definition) is 1. The molecule has 15 heavy (non-hydrogen) atoms. The second kappa shape index (κ2) is 6.52. The van der Waals surface area contributed by atoms with Gasteiger partial charge < -0.3 is 5.73 Å². The molecule has 0 fully saturated rings. The highest BCUT2D eigenvalue weighted by Crippen LogP contribution is 2.44. The Labute approximate surface area is 96.8 Å². The summed E-state index contributed by atoms with van der Waals surface area (Å²) in [7, 11) is 0. The third kappa shape index (κ3) is 3.48. The van der Waals surface area contributed by atoms with Crippen molar-refractivity contribution in [3.05, 3.63) is 0 Å². The summed E-state index contributed by atoms with van der Waals surface area (Å²) in [5.41, 5.74) is 6.37. The molecule has 0 aliphatic heterocycles. The maximum absolute atomic E-state index is 5.98.